The average molecular weight is 389 g/mol. The first-order valence-electron chi connectivity index (χ1n) is 8.04. The van der Waals surface area contributed by atoms with E-state index in [0.717, 1.165) is 23.8 Å². The van der Waals surface area contributed by atoms with Gasteiger partial charge in [-0.15, -0.1) is 0 Å². The molecule has 5 nitrogen and oxygen atoms in total. The Morgan fingerprint density at radius 1 is 1.11 bits per heavy atom. The Hall–Kier alpha value is -2.58. The van der Waals surface area contributed by atoms with Crippen LogP contribution >= 0.6 is 0 Å². The fourth-order valence-electron chi connectivity index (χ4n) is 2.61. The SMILES string of the molecule is COC(=O)c1cc2cc(F)cc(CCC(F)(F)F)c2n1C(=O)OC(C)(C)C. The molecule has 1 aromatic carbocycles. The lowest BCUT2D eigenvalue weighted by Crippen LogP contribution is -2.29. The van der Waals surface area contributed by atoms with Crippen LogP contribution in [0.4, 0.5) is 22.4 Å². The van der Waals surface area contributed by atoms with E-state index in [-0.39, 0.29) is 22.2 Å². The topological polar surface area (TPSA) is 57.5 Å². The summed E-state index contributed by atoms with van der Waals surface area (Å²) in [5, 5.41) is 0.0958. The van der Waals surface area contributed by atoms with Crippen molar-refractivity contribution in [2.75, 3.05) is 7.11 Å². The predicted molar refractivity (Wildman–Crippen MR) is 89.2 cm³/mol. The summed E-state index contributed by atoms with van der Waals surface area (Å²) in [6.07, 6.45) is -7.21. The van der Waals surface area contributed by atoms with Crippen LogP contribution in [0.5, 0.6) is 0 Å². The monoisotopic (exact) mass is 389 g/mol. The Morgan fingerprint density at radius 2 is 1.74 bits per heavy atom. The fraction of sp³-hybridized carbons (Fsp3) is 0.444. The van der Waals surface area contributed by atoms with E-state index >= 15 is 0 Å². The van der Waals surface area contributed by atoms with Gasteiger partial charge in [0.15, 0.2) is 0 Å². The van der Waals surface area contributed by atoms with Crippen molar-refractivity contribution in [2.45, 2.75) is 45.4 Å². The van der Waals surface area contributed by atoms with E-state index in [1.54, 1.807) is 20.8 Å². The molecule has 0 saturated carbocycles. The number of carbonyl (C=O) groups excluding carboxylic acids is 2. The van der Waals surface area contributed by atoms with Gasteiger partial charge in [-0.05, 0) is 51.0 Å². The van der Waals surface area contributed by atoms with E-state index in [9.17, 15) is 27.2 Å². The van der Waals surface area contributed by atoms with Crippen molar-refractivity contribution in [2.24, 2.45) is 0 Å². The number of fused-ring (bicyclic) bond motifs is 1. The highest BCUT2D eigenvalue weighted by Crippen LogP contribution is 2.30. The number of aryl methyl sites for hydroxylation is 1. The average Bonchev–Trinajstić information content (AvgIpc) is 2.88. The van der Waals surface area contributed by atoms with E-state index in [1.807, 2.05) is 0 Å². The van der Waals surface area contributed by atoms with Gasteiger partial charge in [0.05, 0.1) is 12.6 Å². The van der Waals surface area contributed by atoms with Gasteiger partial charge in [0, 0.05) is 11.8 Å². The Kier molecular flexibility index (Phi) is 5.53. The van der Waals surface area contributed by atoms with Gasteiger partial charge in [-0.3, -0.25) is 0 Å². The summed E-state index contributed by atoms with van der Waals surface area (Å²) in [6.45, 7) is 4.79. The Morgan fingerprint density at radius 3 is 2.26 bits per heavy atom. The number of halogens is 4. The van der Waals surface area contributed by atoms with Crippen LogP contribution in [-0.2, 0) is 15.9 Å². The molecule has 0 radical (unpaired) electrons. The third-order valence-electron chi connectivity index (χ3n) is 3.59. The van der Waals surface area contributed by atoms with Crippen molar-refractivity contribution in [3.63, 3.8) is 0 Å². The highest BCUT2D eigenvalue weighted by molar-refractivity contribution is 6.02. The zero-order valence-electron chi connectivity index (χ0n) is 15.2. The molecule has 148 valence electrons. The van der Waals surface area contributed by atoms with Gasteiger partial charge in [-0.2, -0.15) is 13.2 Å². The highest BCUT2D eigenvalue weighted by Gasteiger charge is 2.30. The van der Waals surface area contributed by atoms with Crippen molar-refractivity contribution < 1.29 is 36.6 Å². The maximum atomic E-state index is 13.9. The van der Waals surface area contributed by atoms with Crippen LogP contribution in [0.1, 0.15) is 43.2 Å². The maximum Gasteiger partial charge on any atom is 0.419 e. The molecule has 0 aliphatic heterocycles. The van der Waals surface area contributed by atoms with E-state index < -0.39 is 42.5 Å². The molecule has 1 aromatic heterocycles. The number of ether oxygens (including phenoxy) is 2. The molecule has 0 saturated heterocycles. The Labute approximate surface area is 152 Å². The van der Waals surface area contributed by atoms with Gasteiger partial charge in [-0.1, -0.05) is 0 Å². The normalized spacial score (nSPS) is 12.3. The summed E-state index contributed by atoms with van der Waals surface area (Å²) >= 11 is 0. The number of nitrogens with zero attached hydrogens (tertiary/aromatic N) is 1. The largest absolute Gasteiger partial charge is 0.464 e. The minimum Gasteiger partial charge on any atom is -0.464 e. The standard InChI is InChI=1S/C18H19F4NO4/c1-17(2,3)27-16(25)23-13(15(24)26-4)9-11-8-12(19)7-10(14(11)23)5-6-18(20,21)22/h7-9H,5-6H2,1-4H3. The molecule has 0 aliphatic rings. The first-order chi connectivity index (χ1) is 12.3. The smallest absolute Gasteiger partial charge is 0.419 e. The van der Waals surface area contributed by atoms with E-state index in [4.69, 9.17) is 4.74 Å². The van der Waals surface area contributed by atoms with E-state index in [2.05, 4.69) is 4.74 Å². The summed E-state index contributed by atoms with van der Waals surface area (Å²) in [7, 11) is 1.09. The van der Waals surface area contributed by atoms with Crippen LogP contribution in [0.3, 0.4) is 0 Å². The van der Waals surface area contributed by atoms with Crippen LogP contribution in [0.25, 0.3) is 10.9 Å². The number of alkyl halides is 3. The van der Waals surface area contributed by atoms with Gasteiger partial charge >= 0.3 is 18.2 Å². The third kappa shape index (κ3) is 4.99. The Bertz CT molecular complexity index is 878. The van der Waals surface area contributed by atoms with Gasteiger partial charge in [0.1, 0.15) is 17.1 Å². The lowest BCUT2D eigenvalue weighted by Gasteiger charge is -2.21. The quantitative estimate of drug-likeness (QED) is 0.557. The number of esters is 1. The second-order valence-corrected chi connectivity index (χ2v) is 6.95. The molecule has 0 N–H and O–H groups in total. The number of carbonyl (C=O) groups is 2. The molecule has 2 rings (SSSR count). The first kappa shape index (κ1) is 20.7. The fourth-order valence-corrected chi connectivity index (χ4v) is 2.61. The highest BCUT2D eigenvalue weighted by atomic mass is 19.4. The van der Waals surface area contributed by atoms with Crippen LogP contribution in [0.15, 0.2) is 18.2 Å². The zero-order chi connectivity index (χ0) is 20.6. The molecule has 0 amide bonds. The van der Waals surface area contributed by atoms with E-state index in [1.165, 1.54) is 6.07 Å². The molecule has 0 spiro atoms. The molecular weight excluding hydrogens is 370 g/mol. The summed E-state index contributed by atoms with van der Waals surface area (Å²) in [5.41, 5.74) is -1.27. The van der Waals surface area contributed by atoms with Gasteiger partial charge in [-0.25, -0.2) is 18.5 Å². The number of aromatic nitrogens is 1. The number of hydrogen-bond acceptors (Lipinski definition) is 4. The van der Waals surface area contributed by atoms with Crippen molar-refractivity contribution in [3.05, 3.63) is 35.3 Å². The van der Waals surface area contributed by atoms with Crippen LogP contribution in [0.2, 0.25) is 0 Å². The molecule has 9 heteroatoms. The molecule has 27 heavy (non-hydrogen) atoms. The van der Waals surface area contributed by atoms with Crippen LogP contribution < -0.4 is 0 Å². The lowest BCUT2D eigenvalue weighted by atomic mass is 10.1. The van der Waals surface area contributed by atoms with Crippen LogP contribution in [0, 0.1) is 5.82 Å². The second kappa shape index (κ2) is 7.21. The van der Waals surface area contributed by atoms with Gasteiger partial charge < -0.3 is 9.47 Å². The third-order valence-corrected chi connectivity index (χ3v) is 3.59. The summed E-state index contributed by atoms with van der Waals surface area (Å²) in [4.78, 5) is 24.7. The predicted octanol–water partition coefficient (Wildman–Crippen LogP) is 4.85. The number of rotatable bonds is 3. The van der Waals surface area contributed by atoms with Gasteiger partial charge in [0.25, 0.3) is 0 Å². The Balaban J connectivity index is 2.71. The first-order valence-corrected chi connectivity index (χ1v) is 8.04. The maximum absolute atomic E-state index is 13.9. The summed E-state index contributed by atoms with van der Waals surface area (Å²) in [6, 6.07) is 3.13. The van der Waals surface area contributed by atoms with E-state index in [0.29, 0.717) is 0 Å². The summed E-state index contributed by atoms with van der Waals surface area (Å²) in [5.74, 6) is -1.68. The number of methoxy groups -OCH3 is 1. The second-order valence-electron chi connectivity index (χ2n) is 6.95. The molecule has 0 fully saturated rings. The molecular formula is C18H19F4NO4. The zero-order valence-corrected chi connectivity index (χ0v) is 15.2. The number of hydrogen-bond donors (Lipinski definition) is 0. The molecule has 0 bridgehead atoms. The molecule has 0 aliphatic carbocycles. The minimum atomic E-state index is -4.47. The number of benzene rings is 1. The van der Waals surface area contributed by atoms with Crippen molar-refractivity contribution in [1.29, 1.82) is 0 Å². The lowest BCUT2D eigenvalue weighted by molar-refractivity contribution is -0.133. The van der Waals surface area contributed by atoms with Crippen LogP contribution in [-0.4, -0.2) is 35.5 Å². The molecule has 2 aromatic rings. The van der Waals surface area contributed by atoms with Crippen molar-refractivity contribution >= 4 is 23.0 Å². The molecule has 0 atom stereocenters. The minimum absolute atomic E-state index is 0.0182. The molecule has 1 heterocycles. The summed E-state index contributed by atoms with van der Waals surface area (Å²) < 4.78 is 62.5. The van der Waals surface area contributed by atoms with Crippen molar-refractivity contribution in [1.82, 2.24) is 4.57 Å². The van der Waals surface area contributed by atoms with Crippen molar-refractivity contribution in [3.8, 4) is 0 Å². The molecule has 0 unspecified atom stereocenters. The van der Waals surface area contributed by atoms with Gasteiger partial charge in [0.2, 0.25) is 0 Å².